The lowest BCUT2D eigenvalue weighted by Gasteiger charge is -2.08. The van der Waals surface area contributed by atoms with Crippen molar-refractivity contribution < 1.29 is 10.0 Å². The zero-order valence-corrected chi connectivity index (χ0v) is 12.0. The van der Waals surface area contributed by atoms with E-state index >= 15 is 0 Å². The van der Waals surface area contributed by atoms with Gasteiger partial charge in [0.1, 0.15) is 11.9 Å². The molecule has 0 atom stereocenters. The quantitative estimate of drug-likeness (QED) is 0.430. The molecule has 1 heterocycles. The summed E-state index contributed by atoms with van der Waals surface area (Å²) < 4.78 is 0.581. The van der Waals surface area contributed by atoms with Gasteiger partial charge in [-0.2, -0.15) is 11.8 Å². The van der Waals surface area contributed by atoms with Crippen LogP contribution in [0.1, 0.15) is 6.42 Å². The molecule has 1 rings (SSSR count). The van der Waals surface area contributed by atoms with Crippen molar-refractivity contribution in [3.8, 4) is 0 Å². The van der Waals surface area contributed by atoms with E-state index in [1.165, 1.54) is 12.4 Å². The van der Waals surface area contributed by atoms with Gasteiger partial charge in [-0.3, -0.25) is 15.1 Å². The standard InChI is InChI=1S/C10H14BrN3O3S/c11-8-6-12-7-9(14(16)17)10(8)13-2-5-18-4-1-3-15/h6-7,15H,1-5H2,(H,12,13). The maximum Gasteiger partial charge on any atom is 0.311 e. The van der Waals surface area contributed by atoms with Gasteiger partial charge in [-0.05, 0) is 28.1 Å². The first-order valence-corrected chi connectivity index (χ1v) is 7.32. The van der Waals surface area contributed by atoms with Crippen LogP contribution in [-0.2, 0) is 0 Å². The van der Waals surface area contributed by atoms with Gasteiger partial charge in [0.15, 0.2) is 0 Å². The number of nitro groups is 1. The summed E-state index contributed by atoms with van der Waals surface area (Å²) in [6, 6.07) is 0. The molecule has 0 amide bonds. The first kappa shape index (κ1) is 15.2. The summed E-state index contributed by atoms with van der Waals surface area (Å²) in [5.41, 5.74) is 0.419. The molecule has 0 aliphatic carbocycles. The molecule has 0 bridgehead atoms. The summed E-state index contributed by atoms with van der Waals surface area (Å²) in [4.78, 5) is 14.1. The summed E-state index contributed by atoms with van der Waals surface area (Å²) in [5, 5.41) is 22.5. The fourth-order valence-electron chi connectivity index (χ4n) is 1.26. The van der Waals surface area contributed by atoms with E-state index in [2.05, 4.69) is 26.2 Å². The third-order valence-corrected chi connectivity index (χ3v) is 3.74. The molecule has 0 spiro atoms. The second-order valence-electron chi connectivity index (χ2n) is 3.39. The summed E-state index contributed by atoms with van der Waals surface area (Å²) in [6.45, 7) is 0.821. The number of pyridine rings is 1. The van der Waals surface area contributed by atoms with E-state index in [0.717, 1.165) is 17.9 Å². The van der Waals surface area contributed by atoms with Crippen LogP contribution < -0.4 is 5.32 Å². The lowest BCUT2D eigenvalue weighted by Crippen LogP contribution is -2.08. The average molecular weight is 336 g/mol. The van der Waals surface area contributed by atoms with Crippen molar-refractivity contribution >= 4 is 39.1 Å². The van der Waals surface area contributed by atoms with Gasteiger partial charge in [0, 0.05) is 25.1 Å². The number of aliphatic hydroxyl groups excluding tert-OH is 1. The van der Waals surface area contributed by atoms with Crippen molar-refractivity contribution in [3.05, 3.63) is 27.0 Å². The monoisotopic (exact) mass is 335 g/mol. The number of thioether (sulfide) groups is 1. The van der Waals surface area contributed by atoms with Gasteiger partial charge >= 0.3 is 5.69 Å². The van der Waals surface area contributed by atoms with Crippen LogP contribution in [0.4, 0.5) is 11.4 Å². The Balaban J connectivity index is 2.48. The maximum atomic E-state index is 10.8. The highest BCUT2D eigenvalue weighted by Gasteiger charge is 2.16. The van der Waals surface area contributed by atoms with E-state index in [9.17, 15) is 10.1 Å². The molecule has 8 heteroatoms. The van der Waals surface area contributed by atoms with Crippen molar-refractivity contribution in [1.29, 1.82) is 0 Å². The average Bonchev–Trinajstić information content (AvgIpc) is 2.34. The lowest BCUT2D eigenvalue weighted by molar-refractivity contribution is -0.384. The van der Waals surface area contributed by atoms with Crippen LogP contribution in [0, 0.1) is 10.1 Å². The molecular weight excluding hydrogens is 322 g/mol. The molecule has 18 heavy (non-hydrogen) atoms. The largest absolute Gasteiger partial charge is 0.396 e. The molecule has 0 unspecified atom stereocenters. The Kier molecular flexibility index (Phi) is 6.99. The zero-order valence-electron chi connectivity index (χ0n) is 9.63. The Labute approximate surface area is 117 Å². The van der Waals surface area contributed by atoms with Crippen LogP contribution in [0.25, 0.3) is 0 Å². The Bertz CT molecular complexity index is 406. The van der Waals surface area contributed by atoms with Crippen LogP contribution in [0.2, 0.25) is 0 Å². The number of anilines is 1. The highest BCUT2D eigenvalue weighted by Crippen LogP contribution is 2.30. The minimum atomic E-state index is -0.459. The first-order valence-electron chi connectivity index (χ1n) is 5.37. The van der Waals surface area contributed by atoms with Gasteiger partial charge in [-0.1, -0.05) is 0 Å². The molecule has 0 saturated carbocycles. The van der Waals surface area contributed by atoms with Gasteiger partial charge in [0.25, 0.3) is 0 Å². The van der Waals surface area contributed by atoms with Gasteiger partial charge in [0.2, 0.25) is 0 Å². The van der Waals surface area contributed by atoms with Crippen LogP contribution in [0.5, 0.6) is 0 Å². The van der Waals surface area contributed by atoms with Gasteiger partial charge in [-0.25, -0.2) is 0 Å². The number of aromatic nitrogens is 1. The third kappa shape index (κ3) is 4.79. The Hall–Kier alpha value is -0.860. The fraction of sp³-hybridized carbons (Fsp3) is 0.500. The molecule has 0 aliphatic heterocycles. The minimum absolute atomic E-state index is 0.0373. The topological polar surface area (TPSA) is 88.3 Å². The summed E-state index contributed by atoms with van der Waals surface area (Å²) in [5.74, 6) is 1.71. The molecule has 2 N–H and O–H groups in total. The molecule has 0 aromatic carbocycles. The molecule has 1 aromatic heterocycles. The summed E-state index contributed by atoms with van der Waals surface area (Å²) >= 11 is 4.93. The van der Waals surface area contributed by atoms with Gasteiger partial charge in [-0.15, -0.1) is 0 Å². The van der Waals surface area contributed by atoms with Crippen molar-refractivity contribution in [2.24, 2.45) is 0 Å². The predicted octanol–water partition coefficient (Wildman–Crippen LogP) is 2.28. The normalized spacial score (nSPS) is 10.3. The van der Waals surface area contributed by atoms with E-state index in [0.29, 0.717) is 16.7 Å². The predicted molar refractivity (Wildman–Crippen MR) is 76.1 cm³/mol. The van der Waals surface area contributed by atoms with E-state index < -0.39 is 4.92 Å². The number of rotatable bonds is 8. The smallest absolute Gasteiger partial charge is 0.311 e. The Morgan fingerprint density at radius 3 is 2.94 bits per heavy atom. The lowest BCUT2D eigenvalue weighted by atomic mass is 10.3. The van der Waals surface area contributed by atoms with E-state index in [1.807, 2.05) is 0 Å². The minimum Gasteiger partial charge on any atom is -0.396 e. The first-order chi connectivity index (χ1) is 8.66. The molecular formula is C10H14BrN3O3S. The molecule has 0 aliphatic rings. The maximum absolute atomic E-state index is 10.8. The second kappa shape index (κ2) is 8.28. The Morgan fingerprint density at radius 2 is 2.28 bits per heavy atom. The molecule has 100 valence electrons. The van der Waals surface area contributed by atoms with Crippen molar-refractivity contribution in [1.82, 2.24) is 4.98 Å². The highest BCUT2D eigenvalue weighted by molar-refractivity contribution is 9.10. The van der Waals surface area contributed by atoms with Crippen LogP contribution in [0.3, 0.4) is 0 Å². The van der Waals surface area contributed by atoms with Crippen LogP contribution in [0.15, 0.2) is 16.9 Å². The van der Waals surface area contributed by atoms with Crippen LogP contribution >= 0.6 is 27.7 Å². The van der Waals surface area contributed by atoms with E-state index in [-0.39, 0.29) is 12.3 Å². The second-order valence-corrected chi connectivity index (χ2v) is 5.47. The zero-order chi connectivity index (χ0) is 13.4. The van der Waals surface area contributed by atoms with Crippen molar-refractivity contribution in [3.63, 3.8) is 0 Å². The fourth-order valence-corrected chi connectivity index (χ4v) is 2.50. The molecule has 1 aromatic rings. The summed E-state index contributed by atoms with van der Waals surface area (Å²) in [6.07, 6.45) is 3.52. The molecule has 0 fully saturated rings. The highest BCUT2D eigenvalue weighted by atomic mass is 79.9. The van der Waals surface area contributed by atoms with E-state index in [1.54, 1.807) is 11.8 Å². The molecule has 0 radical (unpaired) electrons. The Morgan fingerprint density at radius 1 is 1.50 bits per heavy atom. The van der Waals surface area contributed by atoms with Crippen LogP contribution in [-0.4, -0.2) is 39.7 Å². The number of aliphatic hydroxyl groups is 1. The SMILES string of the molecule is O=[N+]([O-])c1cncc(Br)c1NCCSCCCO. The molecule has 0 saturated heterocycles. The third-order valence-electron chi connectivity index (χ3n) is 2.07. The molecule has 6 nitrogen and oxygen atoms in total. The number of nitrogens with one attached hydrogen (secondary N) is 1. The number of hydrogen-bond acceptors (Lipinski definition) is 6. The number of nitrogens with zero attached hydrogens (tertiary/aromatic N) is 2. The van der Waals surface area contributed by atoms with Crippen molar-refractivity contribution in [2.75, 3.05) is 30.0 Å². The van der Waals surface area contributed by atoms with Crippen molar-refractivity contribution in [2.45, 2.75) is 6.42 Å². The number of hydrogen-bond donors (Lipinski definition) is 2. The van der Waals surface area contributed by atoms with Gasteiger partial charge < -0.3 is 10.4 Å². The van der Waals surface area contributed by atoms with Gasteiger partial charge in [0.05, 0.1) is 9.40 Å². The number of halogens is 1. The van der Waals surface area contributed by atoms with E-state index in [4.69, 9.17) is 5.11 Å². The summed E-state index contributed by atoms with van der Waals surface area (Å²) in [7, 11) is 0.